The van der Waals surface area contributed by atoms with Gasteiger partial charge in [0.25, 0.3) is 11.8 Å². The van der Waals surface area contributed by atoms with Crippen molar-refractivity contribution in [3.8, 4) is 0 Å². The van der Waals surface area contributed by atoms with Gasteiger partial charge < -0.3 is 5.32 Å². The molecule has 7 nitrogen and oxygen atoms in total. The smallest absolute Gasteiger partial charge is 0.322 e. The Morgan fingerprint density at radius 3 is 2.35 bits per heavy atom. The zero-order valence-electron chi connectivity index (χ0n) is 18.2. The molecule has 4 N–H and O–H groups in total. The van der Waals surface area contributed by atoms with Crippen molar-refractivity contribution in [2.75, 3.05) is 0 Å². The van der Waals surface area contributed by atoms with Gasteiger partial charge in [-0.1, -0.05) is 66.2 Å². The van der Waals surface area contributed by atoms with Gasteiger partial charge in [0, 0.05) is 16.7 Å². The lowest BCUT2D eigenvalue weighted by Crippen LogP contribution is -2.41. The molecule has 3 aromatic carbocycles. The number of hydroxylamine groups is 1. The number of amides is 4. The minimum Gasteiger partial charge on any atom is -0.331 e. The molecular weight excluding hydrogens is 454 g/mol. The summed E-state index contributed by atoms with van der Waals surface area (Å²) < 4.78 is 0. The summed E-state index contributed by atoms with van der Waals surface area (Å²) in [5.74, 6) is -1.13. The van der Waals surface area contributed by atoms with Crippen LogP contribution in [0, 0.1) is 0 Å². The summed E-state index contributed by atoms with van der Waals surface area (Å²) in [6, 6.07) is 22.2. The zero-order chi connectivity index (χ0) is 24.3. The summed E-state index contributed by atoms with van der Waals surface area (Å²) in [7, 11) is 0. The fourth-order valence-corrected chi connectivity index (χ4v) is 3.55. The first-order valence-electron chi connectivity index (χ1n) is 10.6. The molecule has 34 heavy (non-hydrogen) atoms. The average Bonchev–Trinajstić information content (AvgIpc) is 2.86. The van der Waals surface area contributed by atoms with Gasteiger partial charge in [-0.05, 0) is 59.9 Å². The van der Waals surface area contributed by atoms with Gasteiger partial charge in [0.2, 0.25) is 0 Å². The first-order chi connectivity index (χ1) is 16.4. The van der Waals surface area contributed by atoms with E-state index in [0.717, 1.165) is 16.7 Å². The van der Waals surface area contributed by atoms with Crippen LogP contribution < -0.4 is 16.1 Å². The highest BCUT2D eigenvalue weighted by Crippen LogP contribution is 2.22. The maximum absolute atomic E-state index is 12.6. The topological polar surface area (TPSA) is 108 Å². The first kappa shape index (κ1) is 24.7. The minimum atomic E-state index is -0.634. The molecule has 3 rings (SSSR count). The number of rotatable bonds is 8. The number of benzene rings is 3. The Labute approximate surface area is 202 Å². The normalized spacial score (nSPS) is 11.6. The van der Waals surface area contributed by atoms with E-state index in [1.165, 1.54) is 11.6 Å². The average molecular weight is 478 g/mol. The van der Waals surface area contributed by atoms with Crippen LogP contribution in [0.5, 0.6) is 0 Å². The fraction of sp³-hybridized carbons (Fsp3) is 0.115. The monoisotopic (exact) mass is 477 g/mol. The maximum atomic E-state index is 12.6. The van der Waals surface area contributed by atoms with Gasteiger partial charge in [-0.15, -0.1) is 0 Å². The number of carbonyl (C=O) groups excluding carboxylic acids is 3. The van der Waals surface area contributed by atoms with Crippen LogP contribution in [0.2, 0.25) is 5.02 Å². The Hall–Kier alpha value is -3.94. The van der Waals surface area contributed by atoms with E-state index in [1.807, 2.05) is 30.3 Å². The van der Waals surface area contributed by atoms with Crippen molar-refractivity contribution in [3.63, 3.8) is 0 Å². The number of hydrogen-bond acceptors (Lipinski definition) is 4. The Morgan fingerprint density at radius 1 is 0.941 bits per heavy atom. The molecular formula is C26H24ClN3O4. The van der Waals surface area contributed by atoms with Crippen LogP contribution in [0.4, 0.5) is 4.79 Å². The van der Waals surface area contributed by atoms with Crippen molar-refractivity contribution in [1.82, 2.24) is 16.1 Å². The van der Waals surface area contributed by atoms with Crippen LogP contribution in [0.15, 0.2) is 84.9 Å². The molecule has 4 amide bonds. The predicted molar refractivity (Wildman–Crippen MR) is 130 cm³/mol. The molecule has 8 heteroatoms. The van der Waals surface area contributed by atoms with Crippen molar-refractivity contribution >= 4 is 35.5 Å². The highest BCUT2D eigenvalue weighted by molar-refractivity contribution is 6.30. The molecule has 0 aliphatic carbocycles. The van der Waals surface area contributed by atoms with Crippen LogP contribution in [0.3, 0.4) is 0 Å². The van der Waals surface area contributed by atoms with Gasteiger partial charge in [-0.3, -0.25) is 20.1 Å². The fourth-order valence-electron chi connectivity index (χ4n) is 3.33. The van der Waals surface area contributed by atoms with E-state index < -0.39 is 17.8 Å². The lowest BCUT2D eigenvalue weighted by molar-refractivity contribution is -0.124. The molecule has 0 saturated carbocycles. The summed E-state index contributed by atoms with van der Waals surface area (Å²) in [6.45, 7) is 0. The third-order valence-corrected chi connectivity index (χ3v) is 5.29. The Kier molecular flexibility index (Phi) is 8.96. The van der Waals surface area contributed by atoms with Gasteiger partial charge >= 0.3 is 6.03 Å². The van der Waals surface area contributed by atoms with E-state index in [0.29, 0.717) is 23.4 Å². The van der Waals surface area contributed by atoms with Gasteiger partial charge in [0.1, 0.15) is 0 Å². The molecule has 3 aromatic rings. The summed E-state index contributed by atoms with van der Waals surface area (Å²) in [6.07, 6.45) is 3.97. The number of aryl methyl sites for hydroxylation is 1. The van der Waals surface area contributed by atoms with Crippen molar-refractivity contribution < 1.29 is 19.6 Å². The standard InChI is InChI=1S/C26H24ClN3O4/c27-22-8-4-5-19(17-22)11-15-23(20-13-9-18(10-14-20)12-16-24(31)30-34)28-26(33)29-25(32)21-6-2-1-3-7-21/h1-10,12-14,16-17,23,34H,11,15H2,(H,30,31)(H2,28,29,32,33). The quantitative estimate of drug-likeness (QED) is 0.215. The maximum Gasteiger partial charge on any atom is 0.322 e. The van der Waals surface area contributed by atoms with Crippen LogP contribution in [-0.2, 0) is 11.2 Å². The highest BCUT2D eigenvalue weighted by atomic mass is 35.5. The SMILES string of the molecule is O=C(C=Cc1ccc(C(CCc2cccc(Cl)c2)NC(=O)NC(=O)c2ccccc2)cc1)NO. The van der Waals surface area contributed by atoms with Crippen LogP contribution in [0.1, 0.15) is 39.5 Å². The molecule has 0 radical (unpaired) electrons. The second-order valence-corrected chi connectivity index (χ2v) is 7.93. The van der Waals surface area contributed by atoms with Crippen LogP contribution in [0.25, 0.3) is 6.08 Å². The largest absolute Gasteiger partial charge is 0.331 e. The van der Waals surface area contributed by atoms with E-state index >= 15 is 0 Å². The Morgan fingerprint density at radius 2 is 1.68 bits per heavy atom. The van der Waals surface area contributed by atoms with E-state index in [9.17, 15) is 14.4 Å². The number of halogens is 1. The van der Waals surface area contributed by atoms with Crippen LogP contribution >= 0.6 is 11.6 Å². The molecule has 0 aliphatic heterocycles. The van der Waals surface area contributed by atoms with Crippen molar-refractivity contribution in [2.24, 2.45) is 0 Å². The summed E-state index contributed by atoms with van der Waals surface area (Å²) >= 11 is 6.09. The number of hydrogen-bond donors (Lipinski definition) is 4. The molecule has 0 aromatic heterocycles. The second-order valence-electron chi connectivity index (χ2n) is 7.49. The lowest BCUT2D eigenvalue weighted by atomic mass is 9.98. The molecule has 1 unspecified atom stereocenters. The van der Waals surface area contributed by atoms with E-state index in [2.05, 4.69) is 10.6 Å². The predicted octanol–water partition coefficient (Wildman–Crippen LogP) is 4.67. The van der Waals surface area contributed by atoms with Gasteiger partial charge in [-0.2, -0.15) is 0 Å². The highest BCUT2D eigenvalue weighted by Gasteiger charge is 2.17. The Balaban J connectivity index is 1.73. The van der Waals surface area contributed by atoms with Gasteiger partial charge in [0.15, 0.2) is 0 Å². The molecule has 174 valence electrons. The molecule has 0 fully saturated rings. The third-order valence-electron chi connectivity index (χ3n) is 5.06. The molecule has 0 saturated heterocycles. The van der Waals surface area contributed by atoms with Gasteiger partial charge in [-0.25, -0.2) is 10.3 Å². The number of nitrogens with one attached hydrogen (secondary N) is 3. The van der Waals surface area contributed by atoms with E-state index in [-0.39, 0.29) is 6.04 Å². The molecule has 0 heterocycles. The lowest BCUT2D eigenvalue weighted by Gasteiger charge is -2.20. The summed E-state index contributed by atoms with van der Waals surface area (Å²) in [5, 5.41) is 14.5. The zero-order valence-corrected chi connectivity index (χ0v) is 19.0. The minimum absolute atomic E-state index is 0.385. The summed E-state index contributed by atoms with van der Waals surface area (Å²) in [4.78, 5) is 36.1. The van der Waals surface area contributed by atoms with Crippen molar-refractivity contribution in [1.29, 1.82) is 0 Å². The second kappa shape index (κ2) is 12.3. The third kappa shape index (κ3) is 7.58. The number of imide groups is 1. The first-order valence-corrected chi connectivity index (χ1v) is 11.0. The molecule has 0 bridgehead atoms. The number of carbonyl (C=O) groups is 3. The molecule has 0 spiro atoms. The van der Waals surface area contributed by atoms with E-state index in [4.69, 9.17) is 16.8 Å². The summed E-state index contributed by atoms with van der Waals surface area (Å²) in [5.41, 5.74) is 4.51. The Bertz CT molecular complexity index is 1160. The van der Waals surface area contributed by atoms with Gasteiger partial charge in [0.05, 0.1) is 6.04 Å². The molecule has 1 atom stereocenters. The van der Waals surface area contributed by atoms with Crippen LogP contribution in [-0.4, -0.2) is 23.1 Å². The number of urea groups is 1. The molecule has 0 aliphatic rings. The van der Waals surface area contributed by atoms with E-state index in [1.54, 1.807) is 54.6 Å². The van der Waals surface area contributed by atoms with Crippen molar-refractivity contribution in [2.45, 2.75) is 18.9 Å². The van der Waals surface area contributed by atoms with Crippen molar-refractivity contribution in [3.05, 3.63) is 112 Å².